The summed E-state index contributed by atoms with van der Waals surface area (Å²) in [5, 5.41) is 16.0. The van der Waals surface area contributed by atoms with Crippen molar-refractivity contribution in [1.29, 1.82) is 5.26 Å². The van der Waals surface area contributed by atoms with Crippen LogP contribution in [0, 0.1) is 18.3 Å². The number of carbonyl (C=O) groups excluding carboxylic acids is 2. The van der Waals surface area contributed by atoms with E-state index >= 15 is 0 Å². The Balaban J connectivity index is 1.56. The second-order valence-corrected chi connectivity index (χ2v) is 8.61. The predicted octanol–water partition coefficient (Wildman–Crippen LogP) is 7.07. The summed E-state index contributed by atoms with van der Waals surface area (Å²) in [6, 6.07) is 33.4. The van der Waals surface area contributed by atoms with E-state index < -0.39 is 11.9 Å². The summed E-state index contributed by atoms with van der Waals surface area (Å²) < 4.78 is 5.88. The molecular formula is C32H22N2O3. The molecule has 0 aliphatic rings. The Morgan fingerprint density at radius 3 is 2.24 bits per heavy atom. The van der Waals surface area contributed by atoms with Crippen molar-refractivity contribution >= 4 is 45.2 Å². The smallest absolute Gasteiger partial charge is 0.344 e. The average Bonchev–Trinajstić information content (AvgIpc) is 2.92. The molecule has 5 aromatic carbocycles. The number of nitriles is 1. The summed E-state index contributed by atoms with van der Waals surface area (Å²) in [6.45, 7) is 1.92. The molecule has 0 atom stereocenters. The van der Waals surface area contributed by atoms with Gasteiger partial charge in [0.05, 0.1) is 5.56 Å². The first-order valence-electron chi connectivity index (χ1n) is 11.7. The largest absolute Gasteiger partial charge is 0.422 e. The molecule has 0 saturated heterocycles. The number of benzene rings is 5. The van der Waals surface area contributed by atoms with Gasteiger partial charge >= 0.3 is 5.97 Å². The monoisotopic (exact) mass is 482 g/mol. The minimum atomic E-state index is -0.549. The quantitative estimate of drug-likeness (QED) is 0.126. The van der Waals surface area contributed by atoms with Crippen LogP contribution in [-0.4, -0.2) is 11.9 Å². The number of hydrogen-bond donors (Lipinski definition) is 1. The van der Waals surface area contributed by atoms with Crippen molar-refractivity contribution in [3.8, 4) is 11.8 Å². The number of nitrogens with one attached hydrogen (secondary N) is 1. The molecule has 0 aromatic heterocycles. The van der Waals surface area contributed by atoms with Gasteiger partial charge in [-0.25, -0.2) is 4.79 Å². The number of nitrogens with zero attached hydrogens (tertiary/aromatic N) is 1. The van der Waals surface area contributed by atoms with Crippen molar-refractivity contribution in [1.82, 2.24) is 0 Å². The number of rotatable bonds is 5. The molecule has 0 aliphatic carbocycles. The Kier molecular flexibility index (Phi) is 6.48. The van der Waals surface area contributed by atoms with E-state index in [0.29, 0.717) is 16.8 Å². The highest BCUT2D eigenvalue weighted by molar-refractivity contribution is 6.11. The van der Waals surface area contributed by atoms with Crippen molar-refractivity contribution in [2.24, 2.45) is 0 Å². The van der Waals surface area contributed by atoms with Crippen molar-refractivity contribution in [3.63, 3.8) is 0 Å². The zero-order valence-corrected chi connectivity index (χ0v) is 20.1. The van der Waals surface area contributed by atoms with Crippen molar-refractivity contribution < 1.29 is 14.3 Å². The number of ether oxygens (including phenoxy) is 1. The summed E-state index contributed by atoms with van der Waals surface area (Å²) in [4.78, 5) is 26.3. The van der Waals surface area contributed by atoms with E-state index in [1.54, 1.807) is 18.2 Å². The van der Waals surface area contributed by atoms with E-state index in [1.165, 1.54) is 6.08 Å². The molecule has 0 saturated carbocycles. The summed E-state index contributed by atoms with van der Waals surface area (Å²) in [6.07, 6.45) is 1.47. The van der Waals surface area contributed by atoms with Crippen LogP contribution in [-0.2, 0) is 4.79 Å². The highest BCUT2D eigenvalue weighted by atomic mass is 16.5. The lowest BCUT2D eigenvalue weighted by Gasteiger charge is -2.13. The van der Waals surface area contributed by atoms with Gasteiger partial charge in [0.15, 0.2) is 0 Å². The second kappa shape index (κ2) is 10.2. The van der Waals surface area contributed by atoms with Gasteiger partial charge in [0.2, 0.25) is 0 Å². The Hall–Kier alpha value is -5.21. The molecule has 0 aliphatic heterocycles. The first-order valence-corrected chi connectivity index (χ1v) is 11.7. The molecule has 178 valence electrons. The molecule has 0 radical (unpaired) electrons. The van der Waals surface area contributed by atoms with Crippen LogP contribution >= 0.6 is 0 Å². The fraction of sp³-hybridized carbons (Fsp3) is 0.0312. The van der Waals surface area contributed by atoms with Crippen molar-refractivity contribution in [2.75, 3.05) is 5.32 Å². The van der Waals surface area contributed by atoms with Gasteiger partial charge in [0, 0.05) is 11.3 Å². The first-order chi connectivity index (χ1) is 18.0. The van der Waals surface area contributed by atoms with E-state index in [-0.39, 0.29) is 11.3 Å². The van der Waals surface area contributed by atoms with Crippen LogP contribution in [0.3, 0.4) is 0 Å². The second-order valence-electron chi connectivity index (χ2n) is 8.61. The Bertz CT molecular complexity index is 1740. The van der Waals surface area contributed by atoms with Gasteiger partial charge in [-0.15, -0.1) is 0 Å². The number of aryl methyl sites for hydroxylation is 1. The van der Waals surface area contributed by atoms with Crippen LogP contribution in [0.5, 0.6) is 5.75 Å². The third-order valence-electron chi connectivity index (χ3n) is 6.07. The Morgan fingerprint density at radius 1 is 0.811 bits per heavy atom. The van der Waals surface area contributed by atoms with Gasteiger partial charge in [0.1, 0.15) is 17.4 Å². The fourth-order valence-electron chi connectivity index (χ4n) is 4.29. The number of amides is 1. The minimum absolute atomic E-state index is 0.111. The lowest BCUT2D eigenvalue weighted by Crippen LogP contribution is -2.14. The van der Waals surface area contributed by atoms with E-state index in [2.05, 4.69) is 5.32 Å². The lowest BCUT2D eigenvalue weighted by atomic mass is 10.0. The molecule has 0 spiro atoms. The third-order valence-corrected chi connectivity index (χ3v) is 6.07. The highest BCUT2D eigenvalue weighted by Gasteiger charge is 2.18. The normalized spacial score (nSPS) is 11.2. The van der Waals surface area contributed by atoms with Crippen LogP contribution in [0.2, 0.25) is 0 Å². The number of fused-ring (bicyclic) bond motifs is 2. The van der Waals surface area contributed by atoms with Crippen molar-refractivity contribution in [3.05, 3.63) is 125 Å². The molecule has 0 heterocycles. The van der Waals surface area contributed by atoms with Gasteiger partial charge in [-0.1, -0.05) is 78.9 Å². The molecule has 1 N–H and O–H groups in total. The van der Waals surface area contributed by atoms with Gasteiger partial charge in [-0.3, -0.25) is 4.79 Å². The van der Waals surface area contributed by atoms with E-state index in [9.17, 15) is 14.9 Å². The summed E-state index contributed by atoms with van der Waals surface area (Å²) in [5.41, 5.74) is 2.37. The van der Waals surface area contributed by atoms with Crippen LogP contribution in [0.1, 0.15) is 21.5 Å². The van der Waals surface area contributed by atoms with E-state index in [4.69, 9.17) is 4.74 Å². The first kappa shape index (κ1) is 23.5. The molecule has 5 nitrogen and oxygen atoms in total. The van der Waals surface area contributed by atoms with Gasteiger partial charge in [0.25, 0.3) is 5.91 Å². The van der Waals surface area contributed by atoms with Crippen LogP contribution in [0.15, 0.2) is 109 Å². The summed E-state index contributed by atoms with van der Waals surface area (Å²) in [7, 11) is 0. The molecule has 0 fully saturated rings. The molecule has 0 bridgehead atoms. The number of hydrogen-bond acceptors (Lipinski definition) is 4. The fourth-order valence-corrected chi connectivity index (χ4v) is 4.29. The Labute approximate surface area is 214 Å². The summed E-state index contributed by atoms with van der Waals surface area (Å²) in [5.74, 6) is -0.815. The van der Waals surface area contributed by atoms with Crippen LogP contribution in [0.4, 0.5) is 5.69 Å². The predicted molar refractivity (Wildman–Crippen MR) is 146 cm³/mol. The zero-order chi connectivity index (χ0) is 25.8. The number of anilines is 1. The minimum Gasteiger partial charge on any atom is -0.422 e. The van der Waals surface area contributed by atoms with Crippen LogP contribution < -0.4 is 10.1 Å². The van der Waals surface area contributed by atoms with E-state index in [1.807, 2.05) is 97.9 Å². The molecule has 5 rings (SSSR count). The van der Waals surface area contributed by atoms with Gasteiger partial charge in [-0.2, -0.15) is 5.26 Å². The SMILES string of the molecule is Cc1cccc(NC(=O)/C(C#N)=C/c2c(OC(=O)c3cccc4ccccc34)ccc3ccccc23)c1. The molecule has 5 heteroatoms. The molecule has 37 heavy (non-hydrogen) atoms. The van der Waals surface area contributed by atoms with Gasteiger partial charge < -0.3 is 10.1 Å². The topological polar surface area (TPSA) is 79.2 Å². The maximum Gasteiger partial charge on any atom is 0.344 e. The molecule has 5 aromatic rings. The molecular weight excluding hydrogens is 460 g/mol. The maximum atomic E-state index is 13.3. The Morgan fingerprint density at radius 2 is 1.49 bits per heavy atom. The van der Waals surface area contributed by atoms with Crippen LogP contribution in [0.25, 0.3) is 27.6 Å². The number of esters is 1. The maximum absolute atomic E-state index is 13.3. The van der Waals surface area contributed by atoms with E-state index in [0.717, 1.165) is 27.1 Å². The lowest BCUT2D eigenvalue weighted by molar-refractivity contribution is -0.112. The standard InChI is InChI=1S/C32H22N2O3/c1-21-8-6-12-25(18-21)34-31(35)24(20-33)19-29-27-14-5-3-10-23(27)16-17-30(29)37-32(36)28-15-7-11-22-9-2-4-13-26(22)28/h2-19H,1H3,(H,34,35)/b24-19+. The summed E-state index contributed by atoms with van der Waals surface area (Å²) >= 11 is 0. The number of carbonyl (C=O) groups is 2. The third kappa shape index (κ3) is 4.95. The van der Waals surface area contributed by atoms with Gasteiger partial charge in [-0.05, 0) is 64.4 Å². The van der Waals surface area contributed by atoms with Crippen molar-refractivity contribution in [2.45, 2.75) is 6.92 Å². The molecule has 1 amide bonds. The molecule has 0 unspecified atom stereocenters. The zero-order valence-electron chi connectivity index (χ0n) is 20.1. The average molecular weight is 483 g/mol. The highest BCUT2D eigenvalue weighted by Crippen LogP contribution is 2.32.